The summed E-state index contributed by atoms with van der Waals surface area (Å²) < 4.78 is 0. The molecule has 0 aromatic rings. The third-order valence-corrected chi connectivity index (χ3v) is 2.00. The Morgan fingerprint density at radius 3 is 3.09 bits per heavy atom. The SMILES string of the molecule is CCCC1CNCCNC1=O. The zero-order chi connectivity index (χ0) is 8.10. The number of rotatable bonds is 2. The Hall–Kier alpha value is -0.570. The van der Waals surface area contributed by atoms with E-state index in [1.165, 1.54) is 0 Å². The highest BCUT2D eigenvalue weighted by Crippen LogP contribution is 2.05. The summed E-state index contributed by atoms with van der Waals surface area (Å²) in [5, 5.41) is 6.11. The predicted octanol–water partition coefficient (Wildman–Crippen LogP) is 0.122. The summed E-state index contributed by atoms with van der Waals surface area (Å²) in [6, 6.07) is 0. The molecule has 1 amide bonds. The monoisotopic (exact) mass is 156 g/mol. The number of carbonyl (C=O) groups is 1. The minimum absolute atomic E-state index is 0.197. The van der Waals surface area contributed by atoms with Crippen molar-refractivity contribution in [3.05, 3.63) is 0 Å². The first-order valence-corrected chi connectivity index (χ1v) is 4.33. The second-order valence-electron chi connectivity index (χ2n) is 2.98. The Bertz CT molecular complexity index is 136. The van der Waals surface area contributed by atoms with Crippen molar-refractivity contribution in [2.45, 2.75) is 19.8 Å². The van der Waals surface area contributed by atoms with Crippen LogP contribution in [0.25, 0.3) is 0 Å². The standard InChI is InChI=1S/C8H16N2O/c1-2-3-7-6-9-4-5-10-8(7)11/h7,9H,2-6H2,1H3,(H,10,11). The van der Waals surface area contributed by atoms with Crippen LogP contribution >= 0.6 is 0 Å². The lowest BCUT2D eigenvalue weighted by atomic mass is 10.0. The second kappa shape index (κ2) is 4.34. The van der Waals surface area contributed by atoms with Crippen molar-refractivity contribution in [1.82, 2.24) is 10.6 Å². The first-order valence-electron chi connectivity index (χ1n) is 4.33. The van der Waals surface area contributed by atoms with Crippen molar-refractivity contribution in [3.8, 4) is 0 Å². The molecule has 3 heteroatoms. The minimum Gasteiger partial charge on any atom is -0.355 e. The van der Waals surface area contributed by atoms with Gasteiger partial charge in [0.2, 0.25) is 5.91 Å². The van der Waals surface area contributed by atoms with Crippen molar-refractivity contribution >= 4 is 5.91 Å². The Morgan fingerprint density at radius 2 is 2.36 bits per heavy atom. The fraction of sp³-hybridized carbons (Fsp3) is 0.875. The van der Waals surface area contributed by atoms with Crippen molar-refractivity contribution in [1.29, 1.82) is 0 Å². The van der Waals surface area contributed by atoms with E-state index in [-0.39, 0.29) is 11.8 Å². The Morgan fingerprint density at radius 1 is 1.55 bits per heavy atom. The highest BCUT2D eigenvalue weighted by molar-refractivity contribution is 5.79. The van der Waals surface area contributed by atoms with Crippen LogP contribution in [0.2, 0.25) is 0 Å². The summed E-state index contributed by atoms with van der Waals surface area (Å²) in [5.74, 6) is 0.416. The number of carbonyl (C=O) groups excluding carboxylic acids is 1. The van der Waals surface area contributed by atoms with Crippen LogP contribution in [0.1, 0.15) is 19.8 Å². The molecule has 1 saturated heterocycles. The molecule has 1 unspecified atom stereocenters. The van der Waals surface area contributed by atoms with Gasteiger partial charge in [0.1, 0.15) is 0 Å². The molecule has 0 aromatic heterocycles. The average molecular weight is 156 g/mol. The maximum atomic E-state index is 11.3. The minimum atomic E-state index is 0.197. The van der Waals surface area contributed by atoms with Gasteiger partial charge in [-0.2, -0.15) is 0 Å². The maximum Gasteiger partial charge on any atom is 0.224 e. The lowest BCUT2D eigenvalue weighted by molar-refractivity contribution is -0.124. The largest absolute Gasteiger partial charge is 0.355 e. The third kappa shape index (κ3) is 2.50. The number of nitrogens with one attached hydrogen (secondary N) is 2. The van der Waals surface area contributed by atoms with Crippen LogP contribution in [0.4, 0.5) is 0 Å². The topological polar surface area (TPSA) is 41.1 Å². The van der Waals surface area contributed by atoms with E-state index in [4.69, 9.17) is 0 Å². The van der Waals surface area contributed by atoms with Crippen LogP contribution < -0.4 is 10.6 Å². The molecule has 1 aliphatic rings. The molecule has 1 heterocycles. The van der Waals surface area contributed by atoms with Gasteiger partial charge in [-0.05, 0) is 6.42 Å². The molecule has 0 bridgehead atoms. The van der Waals surface area contributed by atoms with Crippen LogP contribution in [0.3, 0.4) is 0 Å². The first-order chi connectivity index (χ1) is 5.34. The molecule has 1 aliphatic heterocycles. The summed E-state index contributed by atoms with van der Waals surface area (Å²) in [6.07, 6.45) is 2.08. The number of hydrogen-bond acceptors (Lipinski definition) is 2. The third-order valence-electron chi connectivity index (χ3n) is 2.00. The fourth-order valence-corrected chi connectivity index (χ4v) is 1.37. The molecule has 1 rings (SSSR count). The van der Waals surface area contributed by atoms with Crippen molar-refractivity contribution in [2.75, 3.05) is 19.6 Å². The van der Waals surface area contributed by atoms with Gasteiger partial charge in [-0.25, -0.2) is 0 Å². The molecule has 64 valence electrons. The Balaban J connectivity index is 2.39. The summed E-state index contributed by atoms with van der Waals surface area (Å²) in [4.78, 5) is 11.3. The highest BCUT2D eigenvalue weighted by Gasteiger charge is 2.18. The maximum absolute atomic E-state index is 11.3. The van der Waals surface area contributed by atoms with Gasteiger partial charge in [0.15, 0.2) is 0 Å². The summed E-state index contributed by atoms with van der Waals surface area (Å²) in [7, 11) is 0. The highest BCUT2D eigenvalue weighted by atomic mass is 16.1. The van der Waals surface area contributed by atoms with Crippen molar-refractivity contribution < 1.29 is 4.79 Å². The fourth-order valence-electron chi connectivity index (χ4n) is 1.37. The molecule has 0 spiro atoms. The van der Waals surface area contributed by atoms with Gasteiger partial charge in [-0.3, -0.25) is 4.79 Å². The lowest BCUT2D eigenvalue weighted by Gasteiger charge is -2.10. The first kappa shape index (κ1) is 8.53. The lowest BCUT2D eigenvalue weighted by Crippen LogP contribution is -2.30. The Labute approximate surface area is 67.5 Å². The predicted molar refractivity (Wildman–Crippen MR) is 44.3 cm³/mol. The van der Waals surface area contributed by atoms with Crippen molar-refractivity contribution in [3.63, 3.8) is 0 Å². The summed E-state index contributed by atoms with van der Waals surface area (Å²) in [6.45, 7) is 4.64. The van der Waals surface area contributed by atoms with E-state index >= 15 is 0 Å². The quantitative estimate of drug-likeness (QED) is 0.596. The van der Waals surface area contributed by atoms with Gasteiger partial charge >= 0.3 is 0 Å². The van der Waals surface area contributed by atoms with E-state index < -0.39 is 0 Å². The van der Waals surface area contributed by atoms with Crippen LogP contribution in [0.5, 0.6) is 0 Å². The molecule has 1 fully saturated rings. The molecule has 0 aliphatic carbocycles. The van der Waals surface area contributed by atoms with Gasteiger partial charge in [0, 0.05) is 19.6 Å². The van der Waals surface area contributed by atoms with E-state index in [9.17, 15) is 4.79 Å². The second-order valence-corrected chi connectivity index (χ2v) is 2.98. The molecular formula is C8H16N2O. The molecule has 11 heavy (non-hydrogen) atoms. The average Bonchev–Trinajstić information content (AvgIpc) is 2.18. The molecule has 3 nitrogen and oxygen atoms in total. The molecular weight excluding hydrogens is 140 g/mol. The zero-order valence-corrected chi connectivity index (χ0v) is 7.02. The normalized spacial score (nSPS) is 25.9. The smallest absolute Gasteiger partial charge is 0.224 e. The Kier molecular flexibility index (Phi) is 3.36. The van der Waals surface area contributed by atoms with E-state index in [0.717, 1.165) is 32.5 Å². The van der Waals surface area contributed by atoms with Gasteiger partial charge in [-0.15, -0.1) is 0 Å². The zero-order valence-electron chi connectivity index (χ0n) is 7.02. The molecule has 2 N–H and O–H groups in total. The molecule has 0 saturated carbocycles. The van der Waals surface area contributed by atoms with E-state index in [0.29, 0.717) is 0 Å². The summed E-state index contributed by atoms with van der Waals surface area (Å²) in [5.41, 5.74) is 0. The van der Waals surface area contributed by atoms with Gasteiger partial charge in [0.05, 0.1) is 5.92 Å². The number of amides is 1. The molecule has 0 aromatic carbocycles. The van der Waals surface area contributed by atoms with Crippen LogP contribution in [0, 0.1) is 5.92 Å². The van der Waals surface area contributed by atoms with E-state index in [1.807, 2.05) is 0 Å². The molecule has 1 atom stereocenters. The molecule has 0 radical (unpaired) electrons. The van der Waals surface area contributed by atoms with Crippen LogP contribution in [-0.4, -0.2) is 25.5 Å². The van der Waals surface area contributed by atoms with E-state index in [2.05, 4.69) is 17.6 Å². The van der Waals surface area contributed by atoms with Gasteiger partial charge in [0.25, 0.3) is 0 Å². The summed E-state index contributed by atoms with van der Waals surface area (Å²) >= 11 is 0. The number of hydrogen-bond donors (Lipinski definition) is 2. The van der Waals surface area contributed by atoms with Gasteiger partial charge in [-0.1, -0.05) is 13.3 Å². The van der Waals surface area contributed by atoms with E-state index in [1.54, 1.807) is 0 Å². The van der Waals surface area contributed by atoms with Crippen LogP contribution in [-0.2, 0) is 4.79 Å². The van der Waals surface area contributed by atoms with Gasteiger partial charge < -0.3 is 10.6 Å². The van der Waals surface area contributed by atoms with Crippen molar-refractivity contribution in [2.24, 2.45) is 5.92 Å². The van der Waals surface area contributed by atoms with Crippen LogP contribution in [0.15, 0.2) is 0 Å².